The number of rotatable bonds is 3. The molecular weight excluding hydrogens is 296 g/mol. The number of nitrogens with one attached hydrogen (secondary N) is 2. The van der Waals surface area contributed by atoms with Crippen molar-refractivity contribution in [2.75, 3.05) is 25.5 Å². The van der Waals surface area contributed by atoms with Gasteiger partial charge in [-0.3, -0.25) is 4.79 Å². The lowest BCUT2D eigenvalue weighted by molar-refractivity contribution is -0.120. The maximum atomic E-state index is 12.2. The molecule has 98 valence electrons. The van der Waals surface area contributed by atoms with Crippen LogP contribution in [0.3, 0.4) is 0 Å². The van der Waals surface area contributed by atoms with Crippen LogP contribution in [0, 0.1) is 11.8 Å². The largest absolute Gasteiger partial charge is 0.497 e. The number of benzene rings is 1. The standard InChI is InChI=1S/C13H17BrN2O2/c1-8-6-15-7-10(8)13(17)16-12-5-9(18-2)3-4-11(12)14/h3-5,8,10,15H,6-7H2,1-2H3,(H,16,17). The van der Waals surface area contributed by atoms with E-state index in [1.807, 2.05) is 18.2 Å². The summed E-state index contributed by atoms with van der Waals surface area (Å²) in [7, 11) is 1.61. The number of methoxy groups -OCH3 is 1. The molecule has 5 heteroatoms. The van der Waals surface area contributed by atoms with Crippen molar-refractivity contribution in [2.24, 2.45) is 11.8 Å². The van der Waals surface area contributed by atoms with Gasteiger partial charge in [0.1, 0.15) is 5.75 Å². The third kappa shape index (κ3) is 2.84. The van der Waals surface area contributed by atoms with E-state index in [2.05, 4.69) is 33.5 Å². The third-order valence-corrected chi connectivity index (χ3v) is 3.98. The molecule has 1 saturated heterocycles. The Balaban J connectivity index is 2.11. The fourth-order valence-electron chi connectivity index (χ4n) is 2.11. The van der Waals surface area contributed by atoms with Crippen LogP contribution in [0.15, 0.2) is 22.7 Å². The average molecular weight is 313 g/mol. The van der Waals surface area contributed by atoms with Gasteiger partial charge in [-0.25, -0.2) is 0 Å². The van der Waals surface area contributed by atoms with Crippen molar-refractivity contribution in [1.82, 2.24) is 5.32 Å². The number of anilines is 1. The first-order valence-electron chi connectivity index (χ1n) is 5.97. The smallest absolute Gasteiger partial charge is 0.229 e. The van der Waals surface area contributed by atoms with E-state index in [9.17, 15) is 4.79 Å². The first-order chi connectivity index (χ1) is 8.61. The first-order valence-corrected chi connectivity index (χ1v) is 6.76. The van der Waals surface area contributed by atoms with Crippen molar-refractivity contribution in [2.45, 2.75) is 6.92 Å². The zero-order valence-electron chi connectivity index (χ0n) is 10.5. The Labute approximate surface area is 115 Å². The predicted octanol–water partition coefficient (Wildman–Crippen LogP) is 2.25. The number of ether oxygens (including phenoxy) is 1. The second-order valence-corrected chi connectivity index (χ2v) is 5.43. The monoisotopic (exact) mass is 312 g/mol. The van der Waals surface area contributed by atoms with Crippen molar-refractivity contribution < 1.29 is 9.53 Å². The van der Waals surface area contributed by atoms with E-state index in [-0.39, 0.29) is 11.8 Å². The molecule has 2 N–H and O–H groups in total. The summed E-state index contributed by atoms with van der Waals surface area (Å²) in [6.45, 7) is 3.73. The van der Waals surface area contributed by atoms with E-state index < -0.39 is 0 Å². The molecule has 1 aliphatic rings. The topological polar surface area (TPSA) is 50.4 Å². The Morgan fingerprint density at radius 1 is 1.50 bits per heavy atom. The predicted molar refractivity (Wildman–Crippen MR) is 74.8 cm³/mol. The van der Waals surface area contributed by atoms with Gasteiger partial charge in [-0.2, -0.15) is 0 Å². The third-order valence-electron chi connectivity index (χ3n) is 3.29. The van der Waals surface area contributed by atoms with Gasteiger partial charge >= 0.3 is 0 Å². The fraction of sp³-hybridized carbons (Fsp3) is 0.462. The van der Waals surface area contributed by atoms with Crippen molar-refractivity contribution in [1.29, 1.82) is 0 Å². The van der Waals surface area contributed by atoms with Crippen LogP contribution in [0.2, 0.25) is 0 Å². The van der Waals surface area contributed by atoms with Crippen molar-refractivity contribution in [3.63, 3.8) is 0 Å². The molecule has 1 aliphatic heterocycles. The molecule has 2 atom stereocenters. The van der Waals surface area contributed by atoms with E-state index in [0.29, 0.717) is 5.92 Å². The number of hydrogen-bond acceptors (Lipinski definition) is 3. The maximum Gasteiger partial charge on any atom is 0.229 e. The maximum absolute atomic E-state index is 12.2. The van der Waals surface area contributed by atoms with Gasteiger partial charge in [-0.15, -0.1) is 0 Å². The second kappa shape index (κ2) is 5.71. The summed E-state index contributed by atoms with van der Waals surface area (Å²) >= 11 is 3.43. The molecule has 2 rings (SSSR count). The first kappa shape index (κ1) is 13.4. The lowest BCUT2D eigenvalue weighted by Gasteiger charge is -2.15. The minimum atomic E-state index is 0.0306. The van der Waals surface area contributed by atoms with Crippen LogP contribution in [-0.2, 0) is 4.79 Å². The van der Waals surface area contributed by atoms with Crippen LogP contribution >= 0.6 is 15.9 Å². The van der Waals surface area contributed by atoms with Gasteiger partial charge in [0.15, 0.2) is 0 Å². The molecule has 1 heterocycles. The van der Waals surface area contributed by atoms with E-state index in [1.54, 1.807) is 7.11 Å². The highest BCUT2D eigenvalue weighted by molar-refractivity contribution is 9.10. The van der Waals surface area contributed by atoms with Crippen LogP contribution in [0.5, 0.6) is 5.75 Å². The van der Waals surface area contributed by atoms with E-state index in [0.717, 1.165) is 29.0 Å². The Kier molecular flexibility index (Phi) is 4.24. The molecule has 1 aromatic rings. The molecule has 18 heavy (non-hydrogen) atoms. The molecule has 4 nitrogen and oxygen atoms in total. The van der Waals surface area contributed by atoms with Gasteiger partial charge in [0.25, 0.3) is 0 Å². The molecule has 0 aromatic heterocycles. The molecule has 0 spiro atoms. The van der Waals surface area contributed by atoms with E-state index in [4.69, 9.17) is 4.74 Å². The zero-order valence-corrected chi connectivity index (χ0v) is 12.1. The van der Waals surface area contributed by atoms with Crippen LogP contribution in [0.4, 0.5) is 5.69 Å². The Bertz CT molecular complexity index is 451. The Morgan fingerprint density at radius 2 is 2.28 bits per heavy atom. The number of hydrogen-bond donors (Lipinski definition) is 2. The summed E-state index contributed by atoms with van der Waals surface area (Å²) in [5.74, 6) is 1.19. The van der Waals surface area contributed by atoms with Gasteiger partial charge in [0.05, 0.1) is 18.7 Å². The molecular formula is C13H17BrN2O2. The minimum Gasteiger partial charge on any atom is -0.497 e. The second-order valence-electron chi connectivity index (χ2n) is 4.58. The minimum absolute atomic E-state index is 0.0306. The zero-order chi connectivity index (χ0) is 13.1. The number of carbonyl (C=O) groups is 1. The molecule has 0 saturated carbocycles. The number of amides is 1. The highest BCUT2D eigenvalue weighted by Crippen LogP contribution is 2.28. The summed E-state index contributed by atoms with van der Waals surface area (Å²) in [5.41, 5.74) is 0.749. The van der Waals surface area contributed by atoms with Gasteiger partial charge in [0.2, 0.25) is 5.91 Å². The highest BCUT2D eigenvalue weighted by Gasteiger charge is 2.29. The van der Waals surface area contributed by atoms with Gasteiger partial charge in [-0.05, 0) is 40.5 Å². The molecule has 0 bridgehead atoms. The summed E-state index contributed by atoms with van der Waals surface area (Å²) < 4.78 is 6.01. The summed E-state index contributed by atoms with van der Waals surface area (Å²) in [4.78, 5) is 12.2. The van der Waals surface area contributed by atoms with Crippen molar-refractivity contribution in [3.05, 3.63) is 22.7 Å². The van der Waals surface area contributed by atoms with Crippen LogP contribution < -0.4 is 15.4 Å². The van der Waals surface area contributed by atoms with Crippen LogP contribution in [0.25, 0.3) is 0 Å². The Morgan fingerprint density at radius 3 is 2.89 bits per heavy atom. The summed E-state index contributed by atoms with van der Waals surface area (Å²) in [6, 6.07) is 5.53. The average Bonchev–Trinajstić information content (AvgIpc) is 2.78. The van der Waals surface area contributed by atoms with Gasteiger partial charge in [0, 0.05) is 17.1 Å². The van der Waals surface area contributed by atoms with E-state index in [1.165, 1.54) is 0 Å². The normalized spacial score (nSPS) is 22.8. The quantitative estimate of drug-likeness (QED) is 0.900. The van der Waals surface area contributed by atoms with Gasteiger partial charge < -0.3 is 15.4 Å². The molecule has 1 fully saturated rings. The lowest BCUT2D eigenvalue weighted by Crippen LogP contribution is -2.27. The highest BCUT2D eigenvalue weighted by atomic mass is 79.9. The molecule has 0 aliphatic carbocycles. The summed E-state index contributed by atoms with van der Waals surface area (Å²) in [5, 5.41) is 6.18. The molecule has 0 radical (unpaired) electrons. The van der Waals surface area contributed by atoms with Crippen molar-refractivity contribution in [3.8, 4) is 5.75 Å². The van der Waals surface area contributed by atoms with Crippen LogP contribution in [0.1, 0.15) is 6.92 Å². The van der Waals surface area contributed by atoms with Crippen LogP contribution in [-0.4, -0.2) is 26.1 Å². The van der Waals surface area contributed by atoms with Crippen molar-refractivity contribution >= 4 is 27.5 Å². The number of halogens is 1. The summed E-state index contributed by atoms with van der Waals surface area (Å²) in [6.07, 6.45) is 0. The Hall–Kier alpha value is -1.07. The lowest BCUT2D eigenvalue weighted by atomic mass is 9.97. The molecule has 2 unspecified atom stereocenters. The SMILES string of the molecule is COc1ccc(Br)c(NC(=O)C2CNCC2C)c1. The number of carbonyl (C=O) groups excluding carboxylic acids is 1. The fourth-order valence-corrected chi connectivity index (χ4v) is 2.46. The molecule has 1 amide bonds. The van der Waals surface area contributed by atoms with E-state index >= 15 is 0 Å². The van der Waals surface area contributed by atoms with Gasteiger partial charge in [-0.1, -0.05) is 6.92 Å². The molecule has 1 aromatic carbocycles.